The molecule has 0 amide bonds. The van der Waals surface area contributed by atoms with Crippen LogP contribution in [0, 0.1) is 0 Å². The number of benzene rings is 1. The zero-order chi connectivity index (χ0) is 10.6. The van der Waals surface area contributed by atoms with E-state index in [1.54, 1.807) is 30.3 Å². The van der Waals surface area contributed by atoms with Crippen molar-refractivity contribution < 1.29 is 15.0 Å². The number of carbonyl (C=O) groups is 1. The van der Waals surface area contributed by atoms with Crippen LogP contribution in [0.25, 0.3) is 0 Å². The molecule has 4 nitrogen and oxygen atoms in total. The van der Waals surface area contributed by atoms with Gasteiger partial charge in [0, 0.05) is 5.56 Å². The van der Waals surface area contributed by atoms with E-state index in [0.29, 0.717) is 5.56 Å². The zero-order valence-corrected chi connectivity index (χ0v) is 7.68. The molecule has 0 saturated carbocycles. The van der Waals surface area contributed by atoms with Gasteiger partial charge in [-0.2, -0.15) is 0 Å². The molecule has 0 atom stereocenters. The monoisotopic (exact) mass is 195 g/mol. The Morgan fingerprint density at radius 3 is 2.14 bits per heavy atom. The lowest BCUT2D eigenvalue weighted by Crippen LogP contribution is -2.54. The van der Waals surface area contributed by atoms with E-state index in [-0.39, 0.29) is 0 Å². The molecule has 1 aromatic carbocycles. The maximum absolute atomic E-state index is 11.7. The number of hydrogen-bond acceptors (Lipinski definition) is 4. The van der Waals surface area contributed by atoms with Gasteiger partial charge in [-0.25, -0.2) is 0 Å². The van der Waals surface area contributed by atoms with Crippen molar-refractivity contribution in [1.29, 1.82) is 0 Å². The minimum absolute atomic E-state index is 0.387. The first-order valence-corrected chi connectivity index (χ1v) is 4.24. The minimum Gasteiger partial charge on any atom is -0.394 e. The van der Waals surface area contributed by atoms with E-state index in [2.05, 4.69) is 0 Å². The summed E-state index contributed by atoms with van der Waals surface area (Å²) in [6.07, 6.45) is 0. The summed E-state index contributed by atoms with van der Waals surface area (Å²) in [5, 5.41) is 17.8. The number of aliphatic hydroxyl groups excluding tert-OH is 2. The summed E-state index contributed by atoms with van der Waals surface area (Å²) in [6.45, 7) is -1.14. The van der Waals surface area contributed by atoms with Gasteiger partial charge in [0.15, 0.2) is 5.78 Å². The Kier molecular flexibility index (Phi) is 3.35. The Bertz CT molecular complexity index is 306. The molecule has 1 aromatic rings. The Labute approximate surface area is 82.0 Å². The lowest BCUT2D eigenvalue weighted by molar-refractivity contribution is 0.0686. The third-order valence-electron chi connectivity index (χ3n) is 2.05. The first-order chi connectivity index (χ1) is 6.64. The summed E-state index contributed by atoms with van der Waals surface area (Å²) in [5.41, 5.74) is 4.33. The fourth-order valence-electron chi connectivity index (χ4n) is 1.07. The summed E-state index contributed by atoms with van der Waals surface area (Å²) < 4.78 is 0. The molecule has 0 aromatic heterocycles. The standard InChI is InChI=1S/C10H13NO3/c11-10(6-12,7-13)9(14)8-4-2-1-3-5-8/h1-5,12-13H,6-7,11H2. The highest BCUT2D eigenvalue weighted by atomic mass is 16.3. The van der Waals surface area contributed by atoms with Gasteiger partial charge in [-0.05, 0) is 0 Å². The minimum atomic E-state index is -1.58. The largest absolute Gasteiger partial charge is 0.394 e. The van der Waals surface area contributed by atoms with E-state index in [9.17, 15) is 4.79 Å². The van der Waals surface area contributed by atoms with Crippen molar-refractivity contribution >= 4 is 5.78 Å². The predicted molar refractivity (Wildman–Crippen MR) is 51.9 cm³/mol. The number of Topliss-reactive ketones (excluding diaryl/α,β-unsaturated/α-hetero) is 1. The quantitative estimate of drug-likeness (QED) is 0.568. The molecule has 76 valence electrons. The molecule has 14 heavy (non-hydrogen) atoms. The Morgan fingerprint density at radius 1 is 1.21 bits per heavy atom. The molecular weight excluding hydrogens is 182 g/mol. The van der Waals surface area contributed by atoms with Crippen LogP contribution >= 0.6 is 0 Å². The molecular formula is C10H13NO3. The van der Waals surface area contributed by atoms with Crippen molar-refractivity contribution in [2.24, 2.45) is 5.73 Å². The first-order valence-electron chi connectivity index (χ1n) is 4.24. The molecule has 0 aliphatic carbocycles. The second kappa shape index (κ2) is 4.32. The van der Waals surface area contributed by atoms with Crippen LogP contribution in [0.15, 0.2) is 30.3 Å². The van der Waals surface area contributed by atoms with Crippen molar-refractivity contribution in [3.8, 4) is 0 Å². The second-order valence-corrected chi connectivity index (χ2v) is 3.17. The maximum Gasteiger partial charge on any atom is 0.187 e. The van der Waals surface area contributed by atoms with E-state index < -0.39 is 24.5 Å². The van der Waals surface area contributed by atoms with Crippen LogP contribution in [-0.4, -0.2) is 34.7 Å². The van der Waals surface area contributed by atoms with Crippen molar-refractivity contribution in [2.75, 3.05) is 13.2 Å². The Balaban J connectivity index is 2.95. The highest BCUT2D eigenvalue weighted by molar-refractivity contribution is 6.03. The fraction of sp³-hybridized carbons (Fsp3) is 0.300. The number of carbonyl (C=O) groups excluding carboxylic acids is 1. The molecule has 0 aliphatic heterocycles. The van der Waals surface area contributed by atoms with Crippen LogP contribution in [0.4, 0.5) is 0 Å². The van der Waals surface area contributed by atoms with Gasteiger partial charge in [-0.3, -0.25) is 4.79 Å². The highest BCUT2D eigenvalue weighted by Crippen LogP contribution is 2.10. The zero-order valence-electron chi connectivity index (χ0n) is 7.68. The summed E-state index contributed by atoms with van der Waals surface area (Å²) in [5.74, 6) is -0.455. The lowest BCUT2D eigenvalue weighted by atomic mass is 9.92. The first kappa shape index (κ1) is 10.8. The molecule has 0 saturated heterocycles. The van der Waals surface area contributed by atoms with Crippen molar-refractivity contribution in [2.45, 2.75) is 5.54 Å². The molecule has 4 heteroatoms. The van der Waals surface area contributed by atoms with Crippen molar-refractivity contribution in [1.82, 2.24) is 0 Å². The summed E-state index contributed by atoms with van der Waals surface area (Å²) in [7, 11) is 0. The van der Waals surface area contributed by atoms with E-state index in [0.717, 1.165) is 0 Å². The van der Waals surface area contributed by atoms with Crippen LogP contribution in [-0.2, 0) is 0 Å². The van der Waals surface area contributed by atoms with Crippen LogP contribution in [0.3, 0.4) is 0 Å². The van der Waals surface area contributed by atoms with E-state index >= 15 is 0 Å². The van der Waals surface area contributed by atoms with Gasteiger partial charge in [0.2, 0.25) is 0 Å². The van der Waals surface area contributed by atoms with Crippen LogP contribution in [0.2, 0.25) is 0 Å². The van der Waals surface area contributed by atoms with E-state index in [1.807, 2.05) is 0 Å². The van der Waals surface area contributed by atoms with Crippen molar-refractivity contribution in [3.05, 3.63) is 35.9 Å². The van der Waals surface area contributed by atoms with Gasteiger partial charge in [0.1, 0.15) is 5.54 Å². The van der Waals surface area contributed by atoms with Crippen LogP contribution < -0.4 is 5.73 Å². The lowest BCUT2D eigenvalue weighted by Gasteiger charge is -2.22. The second-order valence-electron chi connectivity index (χ2n) is 3.17. The average Bonchev–Trinajstić information content (AvgIpc) is 2.28. The number of ketones is 1. The molecule has 0 heterocycles. The molecule has 0 bridgehead atoms. The normalized spacial score (nSPS) is 11.4. The van der Waals surface area contributed by atoms with Gasteiger partial charge >= 0.3 is 0 Å². The molecule has 0 unspecified atom stereocenters. The topological polar surface area (TPSA) is 83.6 Å². The van der Waals surface area contributed by atoms with Crippen LogP contribution in [0.1, 0.15) is 10.4 Å². The predicted octanol–water partition coefficient (Wildman–Crippen LogP) is -0.449. The van der Waals surface area contributed by atoms with Gasteiger partial charge in [-0.15, -0.1) is 0 Å². The summed E-state index contributed by atoms with van der Waals surface area (Å²) in [4.78, 5) is 11.7. The number of rotatable bonds is 4. The highest BCUT2D eigenvalue weighted by Gasteiger charge is 2.33. The van der Waals surface area contributed by atoms with E-state index in [4.69, 9.17) is 15.9 Å². The Hall–Kier alpha value is -1.23. The van der Waals surface area contributed by atoms with Gasteiger partial charge in [0.25, 0.3) is 0 Å². The van der Waals surface area contributed by atoms with Gasteiger partial charge in [-0.1, -0.05) is 30.3 Å². The SMILES string of the molecule is NC(CO)(CO)C(=O)c1ccccc1. The van der Waals surface area contributed by atoms with E-state index in [1.165, 1.54) is 0 Å². The summed E-state index contributed by atoms with van der Waals surface area (Å²) in [6, 6.07) is 8.35. The maximum atomic E-state index is 11.7. The molecule has 1 rings (SSSR count). The number of aliphatic hydroxyl groups is 2. The molecule has 0 aliphatic rings. The third-order valence-corrected chi connectivity index (χ3v) is 2.05. The Morgan fingerprint density at radius 2 is 1.71 bits per heavy atom. The summed E-state index contributed by atoms with van der Waals surface area (Å²) >= 11 is 0. The molecule has 0 radical (unpaired) electrons. The third kappa shape index (κ3) is 1.98. The van der Waals surface area contributed by atoms with Gasteiger partial charge in [0.05, 0.1) is 13.2 Å². The molecule has 4 N–H and O–H groups in total. The smallest absolute Gasteiger partial charge is 0.187 e. The fourth-order valence-corrected chi connectivity index (χ4v) is 1.07. The molecule has 0 spiro atoms. The van der Waals surface area contributed by atoms with Crippen LogP contribution in [0.5, 0.6) is 0 Å². The molecule has 0 fully saturated rings. The van der Waals surface area contributed by atoms with Gasteiger partial charge < -0.3 is 15.9 Å². The van der Waals surface area contributed by atoms with Crippen molar-refractivity contribution in [3.63, 3.8) is 0 Å². The number of hydrogen-bond donors (Lipinski definition) is 3. The average molecular weight is 195 g/mol. The number of nitrogens with two attached hydrogens (primary N) is 1.